The van der Waals surface area contributed by atoms with E-state index in [1.807, 2.05) is 12.1 Å². The quantitative estimate of drug-likeness (QED) is 0.414. The first-order chi connectivity index (χ1) is 13.3. The van der Waals surface area contributed by atoms with Gasteiger partial charge in [0.2, 0.25) is 0 Å². The molecule has 0 aromatic heterocycles. The highest BCUT2D eigenvalue weighted by Gasteiger charge is 2.24. The molecule has 3 rings (SSSR count). The standard InChI is InChI=1S/C25H34O2/c26-24-19-21(25(27)23-18-12-11-17-22(23)24)16-10-5-3-1-2-4-7-13-20-14-8-6-9-15-20/h11-12,17-20H,1-10,13-16H2. The van der Waals surface area contributed by atoms with Crippen molar-refractivity contribution in [2.45, 2.75) is 89.9 Å². The van der Waals surface area contributed by atoms with Crippen LogP contribution in [0.5, 0.6) is 0 Å². The molecule has 1 fully saturated rings. The number of benzene rings is 1. The smallest absolute Gasteiger partial charge is 0.189 e. The fraction of sp³-hybridized carbons (Fsp3) is 0.600. The van der Waals surface area contributed by atoms with Crippen LogP contribution in [0.3, 0.4) is 0 Å². The molecule has 1 aromatic rings. The fourth-order valence-electron chi connectivity index (χ4n) is 4.66. The average Bonchev–Trinajstić information content (AvgIpc) is 2.71. The minimum atomic E-state index is -0.0156. The molecule has 1 saturated carbocycles. The maximum atomic E-state index is 12.5. The number of unbranched alkanes of at least 4 members (excludes halogenated alkanes) is 6. The third kappa shape index (κ3) is 5.89. The molecular weight excluding hydrogens is 332 g/mol. The molecule has 0 amide bonds. The summed E-state index contributed by atoms with van der Waals surface area (Å²) in [7, 11) is 0. The van der Waals surface area contributed by atoms with Gasteiger partial charge in [-0.2, -0.15) is 0 Å². The van der Waals surface area contributed by atoms with Crippen molar-refractivity contribution in [2.24, 2.45) is 5.92 Å². The summed E-state index contributed by atoms with van der Waals surface area (Å²) in [5.74, 6) is 1.05. The molecule has 0 unspecified atom stereocenters. The maximum Gasteiger partial charge on any atom is 0.189 e. The van der Waals surface area contributed by atoms with Crippen molar-refractivity contribution in [2.75, 3.05) is 0 Å². The van der Waals surface area contributed by atoms with Gasteiger partial charge < -0.3 is 0 Å². The Kier molecular flexibility index (Phi) is 7.86. The van der Waals surface area contributed by atoms with Gasteiger partial charge in [0.15, 0.2) is 11.6 Å². The lowest BCUT2D eigenvalue weighted by atomic mass is 9.85. The van der Waals surface area contributed by atoms with Crippen LogP contribution >= 0.6 is 0 Å². The number of allylic oxidation sites excluding steroid dienone is 2. The molecule has 0 spiro atoms. The lowest BCUT2D eigenvalue weighted by molar-refractivity contribution is 0.0981. The van der Waals surface area contributed by atoms with Crippen LogP contribution in [0.1, 0.15) is 111 Å². The second-order valence-corrected chi connectivity index (χ2v) is 8.43. The largest absolute Gasteiger partial charge is 0.289 e. The molecule has 0 aliphatic heterocycles. The van der Waals surface area contributed by atoms with Crippen LogP contribution in [0.4, 0.5) is 0 Å². The number of Topliss-reactive ketones (excluding diaryl/α,β-unsaturated/α-hetero) is 1. The van der Waals surface area contributed by atoms with Crippen molar-refractivity contribution >= 4 is 11.6 Å². The van der Waals surface area contributed by atoms with Gasteiger partial charge in [0.1, 0.15) is 0 Å². The Bertz CT molecular complexity index is 665. The summed E-state index contributed by atoms with van der Waals surface area (Å²) in [6.07, 6.45) is 19.9. The molecule has 0 N–H and O–H groups in total. The monoisotopic (exact) mass is 366 g/mol. The topological polar surface area (TPSA) is 34.1 Å². The Hall–Kier alpha value is -1.70. The number of carbonyl (C=O) groups excluding carboxylic acids is 2. The van der Waals surface area contributed by atoms with Crippen LogP contribution < -0.4 is 0 Å². The summed E-state index contributed by atoms with van der Waals surface area (Å²) in [6.45, 7) is 0. The van der Waals surface area contributed by atoms with Crippen molar-refractivity contribution < 1.29 is 9.59 Å². The minimum Gasteiger partial charge on any atom is -0.289 e. The molecule has 0 heterocycles. The van der Waals surface area contributed by atoms with E-state index >= 15 is 0 Å². The second-order valence-electron chi connectivity index (χ2n) is 8.43. The van der Waals surface area contributed by atoms with E-state index in [0.29, 0.717) is 16.7 Å². The zero-order valence-electron chi connectivity index (χ0n) is 16.7. The van der Waals surface area contributed by atoms with Crippen molar-refractivity contribution in [1.82, 2.24) is 0 Å². The molecule has 0 bridgehead atoms. The van der Waals surface area contributed by atoms with Gasteiger partial charge in [-0.05, 0) is 24.8 Å². The predicted molar refractivity (Wildman–Crippen MR) is 111 cm³/mol. The maximum absolute atomic E-state index is 12.5. The lowest BCUT2D eigenvalue weighted by Crippen LogP contribution is -2.16. The Morgan fingerprint density at radius 1 is 0.741 bits per heavy atom. The number of carbonyl (C=O) groups is 2. The van der Waals surface area contributed by atoms with E-state index in [2.05, 4.69) is 0 Å². The molecule has 0 radical (unpaired) electrons. The van der Waals surface area contributed by atoms with Gasteiger partial charge >= 0.3 is 0 Å². The van der Waals surface area contributed by atoms with Gasteiger partial charge in [0.25, 0.3) is 0 Å². The molecule has 0 saturated heterocycles. The third-order valence-corrected chi connectivity index (χ3v) is 6.32. The molecule has 27 heavy (non-hydrogen) atoms. The van der Waals surface area contributed by atoms with E-state index in [1.54, 1.807) is 18.2 Å². The lowest BCUT2D eigenvalue weighted by Gasteiger charge is -2.21. The highest BCUT2D eigenvalue weighted by Crippen LogP contribution is 2.28. The van der Waals surface area contributed by atoms with E-state index in [-0.39, 0.29) is 11.6 Å². The summed E-state index contributed by atoms with van der Waals surface area (Å²) >= 11 is 0. The van der Waals surface area contributed by atoms with Gasteiger partial charge in [-0.15, -0.1) is 0 Å². The molecule has 2 nitrogen and oxygen atoms in total. The second kappa shape index (κ2) is 10.6. The molecular formula is C25H34O2. The summed E-state index contributed by atoms with van der Waals surface area (Å²) in [5, 5.41) is 0. The van der Waals surface area contributed by atoms with Crippen LogP contribution in [0, 0.1) is 5.92 Å². The summed E-state index contributed by atoms with van der Waals surface area (Å²) < 4.78 is 0. The van der Waals surface area contributed by atoms with Crippen LogP contribution in [-0.4, -0.2) is 11.6 Å². The first-order valence-corrected chi connectivity index (χ1v) is 11.1. The van der Waals surface area contributed by atoms with Gasteiger partial charge in [0, 0.05) is 16.7 Å². The van der Waals surface area contributed by atoms with Crippen molar-refractivity contribution in [3.63, 3.8) is 0 Å². The van der Waals surface area contributed by atoms with Gasteiger partial charge in [0.05, 0.1) is 0 Å². The van der Waals surface area contributed by atoms with E-state index in [9.17, 15) is 9.59 Å². The number of hydrogen-bond donors (Lipinski definition) is 0. The summed E-state index contributed by atoms with van der Waals surface area (Å²) in [5.41, 5.74) is 1.84. The van der Waals surface area contributed by atoms with Gasteiger partial charge in [-0.1, -0.05) is 101 Å². The number of hydrogen-bond acceptors (Lipinski definition) is 2. The molecule has 2 aliphatic rings. The Morgan fingerprint density at radius 3 is 2.11 bits per heavy atom. The average molecular weight is 367 g/mol. The zero-order chi connectivity index (χ0) is 18.9. The van der Waals surface area contributed by atoms with Gasteiger partial charge in [-0.3, -0.25) is 9.59 Å². The fourth-order valence-corrected chi connectivity index (χ4v) is 4.66. The van der Waals surface area contributed by atoms with E-state index < -0.39 is 0 Å². The number of ketones is 2. The number of fused-ring (bicyclic) bond motifs is 1. The van der Waals surface area contributed by atoms with Crippen LogP contribution in [0.15, 0.2) is 35.9 Å². The molecule has 2 heteroatoms. The normalized spacial score (nSPS) is 17.7. The Labute approximate surface area is 164 Å². The van der Waals surface area contributed by atoms with E-state index in [4.69, 9.17) is 0 Å². The Morgan fingerprint density at radius 2 is 1.37 bits per heavy atom. The third-order valence-electron chi connectivity index (χ3n) is 6.32. The molecule has 1 aromatic carbocycles. The first kappa shape index (κ1) is 20.0. The van der Waals surface area contributed by atoms with Crippen LogP contribution in [-0.2, 0) is 0 Å². The number of rotatable bonds is 10. The Balaban J connectivity index is 1.25. The van der Waals surface area contributed by atoms with E-state index in [1.165, 1.54) is 70.6 Å². The molecule has 2 aliphatic carbocycles. The summed E-state index contributed by atoms with van der Waals surface area (Å²) in [4.78, 5) is 24.7. The predicted octanol–water partition coefficient (Wildman–Crippen LogP) is 7.08. The van der Waals surface area contributed by atoms with Crippen molar-refractivity contribution in [3.05, 3.63) is 47.0 Å². The molecule has 146 valence electrons. The van der Waals surface area contributed by atoms with Crippen LogP contribution in [0.2, 0.25) is 0 Å². The first-order valence-electron chi connectivity index (χ1n) is 11.1. The SMILES string of the molecule is O=C1C=C(CCCCCCCCCC2CCCCC2)C(=O)c2ccccc21. The highest BCUT2D eigenvalue weighted by molar-refractivity contribution is 6.24. The molecule has 0 atom stereocenters. The van der Waals surface area contributed by atoms with Crippen molar-refractivity contribution in [3.8, 4) is 0 Å². The summed E-state index contributed by atoms with van der Waals surface area (Å²) in [6, 6.07) is 7.17. The van der Waals surface area contributed by atoms with E-state index in [0.717, 1.165) is 25.2 Å². The van der Waals surface area contributed by atoms with Crippen molar-refractivity contribution in [1.29, 1.82) is 0 Å². The van der Waals surface area contributed by atoms with Crippen LogP contribution in [0.25, 0.3) is 0 Å². The highest BCUT2D eigenvalue weighted by atomic mass is 16.1. The van der Waals surface area contributed by atoms with Gasteiger partial charge in [-0.25, -0.2) is 0 Å². The minimum absolute atomic E-state index is 0.0156. The zero-order valence-corrected chi connectivity index (χ0v) is 16.7.